The Morgan fingerprint density at radius 2 is 2.12 bits per heavy atom. The lowest BCUT2D eigenvalue weighted by molar-refractivity contribution is -0.119. The number of rotatable bonds is 3. The zero-order valence-corrected chi connectivity index (χ0v) is 9.18. The number of para-hydroxylation sites is 1. The van der Waals surface area contributed by atoms with Gasteiger partial charge < -0.3 is 16.0 Å². The van der Waals surface area contributed by atoms with E-state index in [1.165, 1.54) is 10.9 Å². The van der Waals surface area contributed by atoms with Crippen molar-refractivity contribution in [1.82, 2.24) is 4.57 Å². The summed E-state index contributed by atoms with van der Waals surface area (Å²) < 4.78 is 1.97. The molecule has 2 rings (SSSR count). The number of primary amides is 1. The van der Waals surface area contributed by atoms with Crippen molar-refractivity contribution in [3.05, 3.63) is 36.0 Å². The van der Waals surface area contributed by atoms with Crippen LogP contribution in [-0.2, 0) is 11.3 Å². The fourth-order valence-electron chi connectivity index (χ4n) is 1.88. The first-order valence-electron chi connectivity index (χ1n) is 5.19. The smallest absolute Gasteiger partial charge is 0.236 e. The number of fused-ring (bicyclic) bond motifs is 1. The lowest BCUT2D eigenvalue weighted by Gasteiger charge is -2.09. The van der Waals surface area contributed by atoms with Crippen molar-refractivity contribution in [2.75, 3.05) is 0 Å². The van der Waals surface area contributed by atoms with Crippen molar-refractivity contribution < 1.29 is 4.79 Å². The molecular formula is C12H15N3O. The molecule has 1 aromatic carbocycles. The zero-order chi connectivity index (χ0) is 11.7. The molecule has 0 spiro atoms. The lowest BCUT2D eigenvalue weighted by Crippen LogP contribution is -2.39. The highest BCUT2D eigenvalue weighted by molar-refractivity contribution is 5.84. The third-order valence-corrected chi connectivity index (χ3v) is 2.75. The number of aryl methyl sites for hydroxylation is 1. The van der Waals surface area contributed by atoms with Gasteiger partial charge in [0, 0.05) is 23.6 Å². The summed E-state index contributed by atoms with van der Waals surface area (Å²) in [6.07, 6.45) is 1.99. The van der Waals surface area contributed by atoms with E-state index in [1.807, 2.05) is 35.9 Å². The SMILES string of the molecule is Cc1cn(CC(N)C(N)=O)c2ccccc12. The molecular weight excluding hydrogens is 202 g/mol. The van der Waals surface area contributed by atoms with E-state index in [4.69, 9.17) is 11.5 Å². The van der Waals surface area contributed by atoms with Crippen molar-refractivity contribution in [3.63, 3.8) is 0 Å². The minimum atomic E-state index is -0.643. The molecule has 1 heterocycles. The molecule has 4 nitrogen and oxygen atoms in total. The molecule has 16 heavy (non-hydrogen) atoms. The van der Waals surface area contributed by atoms with Crippen molar-refractivity contribution >= 4 is 16.8 Å². The molecule has 0 bridgehead atoms. The van der Waals surface area contributed by atoms with Gasteiger partial charge in [0.15, 0.2) is 0 Å². The molecule has 4 heteroatoms. The average molecular weight is 217 g/mol. The maximum atomic E-state index is 10.9. The number of carbonyl (C=O) groups excluding carboxylic acids is 1. The molecule has 2 aromatic rings. The molecule has 0 aliphatic rings. The topological polar surface area (TPSA) is 74.0 Å². The highest BCUT2D eigenvalue weighted by atomic mass is 16.1. The first-order valence-corrected chi connectivity index (χ1v) is 5.19. The molecule has 0 aliphatic carbocycles. The Balaban J connectivity index is 2.42. The molecule has 4 N–H and O–H groups in total. The van der Waals surface area contributed by atoms with E-state index in [2.05, 4.69) is 6.07 Å². The number of hydrogen-bond donors (Lipinski definition) is 2. The molecule has 84 valence electrons. The van der Waals surface area contributed by atoms with Crippen LogP contribution in [0.3, 0.4) is 0 Å². The van der Waals surface area contributed by atoms with Crippen molar-refractivity contribution in [1.29, 1.82) is 0 Å². The third-order valence-electron chi connectivity index (χ3n) is 2.75. The average Bonchev–Trinajstić information content (AvgIpc) is 2.57. The molecule has 0 saturated carbocycles. The Morgan fingerprint density at radius 1 is 1.44 bits per heavy atom. The number of carbonyl (C=O) groups is 1. The van der Waals surface area contributed by atoms with Crippen LogP contribution in [0.15, 0.2) is 30.5 Å². The van der Waals surface area contributed by atoms with Crippen molar-refractivity contribution in [2.24, 2.45) is 11.5 Å². The minimum absolute atomic E-state index is 0.420. The van der Waals surface area contributed by atoms with Gasteiger partial charge in [-0.05, 0) is 18.6 Å². The molecule has 1 aromatic heterocycles. The number of benzene rings is 1. The van der Waals surface area contributed by atoms with Gasteiger partial charge in [0.05, 0.1) is 0 Å². The van der Waals surface area contributed by atoms with Gasteiger partial charge in [-0.2, -0.15) is 0 Å². The van der Waals surface area contributed by atoms with Crippen LogP contribution in [0.4, 0.5) is 0 Å². The summed E-state index contributed by atoms with van der Waals surface area (Å²) in [6, 6.07) is 7.38. The van der Waals surface area contributed by atoms with Gasteiger partial charge in [-0.15, -0.1) is 0 Å². The second kappa shape index (κ2) is 3.98. The van der Waals surface area contributed by atoms with Gasteiger partial charge in [-0.3, -0.25) is 4.79 Å². The van der Waals surface area contributed by atoms with E-state index >= 15 is 0 Å². The minimum Gasteiger partial charge on any atom is -0.368 e. The van der Waals surface area contributed by atoms with E-state index in [9.17, 15) is 4.79 Å². The Morgan fingerprint density at radius 3 is 2.81 bits per heavy atom. The Hall–Kier alpha value is -1.81. The standard InChI is InChI=1S/C12H15N3O/c1-8-6-15(7-10(13)12(14)16)11-5-3-2-4-9(8)11/h2-6,10H,7,13H2,1H3,(H2,14,16). The third kappa shape index (κ3) is 1.79. The summed E-state index contributed by atoms with van der Waals surface area (Å²) in [5.74, 6) is -0.476. The van der Waals surface area contributed by atoms with Crippen molar-refractivity contribution in [2.45, 2.75) is 19.5 Å². The Labute approximate surface area is 93.8 Å². The van der Waals surface area contributed by atoms with E-state index in [0.717, 1.165) is 5.52 Å². The predicted octanol–water partition coefficient (Wildman–Crippen LogP) is 0.762. The van der Waals surface area contributed by atoms with Gasteiger partial charge in [-0.1, -0.05) is 18.2 Å². The number of aromatic nitrogens is 1. The lowest BCUT2D eigenvalue weighted by atomic mass is 10.2. The number of nitrogens with zero attached hydrogens (tertiary/aromatic N) is 1. The number of amides is 1. The second-order valence-corrected chi connectivity index (χ2v) is 3.99. The van der Waals surface area contributed by atoms with Crippen LogP contribution in [0.25, 0.3) is 10.9 Å². The largest absolute Gasteiger partial charge is 0.368 e. The van der Waals surface area contributed by atoms with E-state index < -0.39 is 11.9 Å². The summed E-state index contributed by atoms with van der Waals surface area (Å²) in [6.45, 7) is 2.46. The summed E-state index contributed by atoms with van der Waals surface area (Å²) in [5, 5.41) is 1.18. The molecule has 1 amide bonds. The van der Waals surface area contributed by atoms with Crippen LogP contribution < -0.4 is 11.5 Å². The van der Waals surface area contributed by atoms with Gasteiger partial charge in [0.25, 0.3) is 0 Å². The van der Waals surface area contributed by atoms with Crippen LogP contribution in [0, 0.1) is 6.92 Å². The molecule has 1 atom stereocenters. The van der Waals surface area contributed by atoms with Crippen LogP contribution in [0.1, 0.15) is 5.56 Å². The fraction of sp³-hybridized carbons (Fsp3) is 0.250. The van der Waals surface area contributed by atoms with E-state index in [1.54, 1.807) is 0 Å². The monoisotopic (exact) mass is 217 g/mol. The molecule has 0 saturated heterocycles. The van der Waals surface area contributed by atoms with E-state index in [-0.39, 0.29) is 0 Å². The van der Waals surface area contributed by atoms with Crippen molar-refractivity contribution in [3.8, 4) is 0 Å². The first kappa shape index (κ1) is 10.7. The summed E-state index contributed by atoms with van der Waals surface area (Å²) in [5.41, 5.74) is 13.1. The summed E-state index contributed by atoms with van der Waals surface area (Å²) in [4.78, 5) is 10.9. The maximum Gasteiger partial charge on any atom is 0.236 e. The number of hydrogen-bond acceptors (Lipinski definition) is 2. The fourth-order valence-corrected chi connectivity index (χ4v) is 1.88. The summed E-state index contributed by atoms with van der Waals surface area (Å²) >= 11 is 0. The van der Waals surface area contributed by atoms with Crippen LogP contribution in [0.2, 0.25) is 0 Å². The molecule has 0 aliphatic heterocycles. The van der Waals surface area contributed by atoms with Gasteiger partial charge in [0.1, 0.15) is 6.04 Å². The van der Waals surface area contributed by atoms with Gasteiger partial charge >= 0.3 is 0 Å². The number of nitrogens with two attached hydrogens (primary N) is 2. The van der Waals surface area contributed by atoms with E-state index in [0.29, 0.717) is 6.54 Å². The van der Waals surface area contributed by atoms with Gasteiger partial charge in [-0.25, -0.2) is 0 Å². The molecule has 0 fully saturated rings. The maximum absolute atomic E-state index is 10.9. The highest BCUT2D eigenvalue weighted by Gasteiger charge is 2.12. The van der Waals surface area contributed by atoms with Gasteiger partial charge in [0.2, 0.25) is 5.91 Å². The van der Waals surface area contributed by atoms with Crippen LogP contribution >= 0.6 is 0 Å². The second-order valence-electron chi connectivity index (χ2n) is 3.99. The summed E-state index contributed by atoms with van der Waals surface area (Å²) in [7, 11) is 0. The first-order chi connectivity index (χ1) is 7.59. The zero-order valence-electron chi connectivity index (χ0n) is 9.18. The normalized spacial score (nSPS) is 12.9. The van der Waals surface area contributed by atoms with Crippen LogP contribution in [-0.4, -0.2) is 16.5 Å². The van der Waals surface area contributed by atoms with Crippen LogP contribution in [0.5, 0.6) is 0 Å². The quantitative estimate of drug-likeness (QED) is 0.796. The molecule has 1 unspecified atom stereocenters. The highest BCUT2D eigenvalue weighted by Crippen LogP contribution is 2.20. The Kier molecular flexibility index (Phi) is 2.66. The Bertz CT molecular complexity index is 530. The predicted molar refractivity (Wildman–Crippen MR) is 63.8 cm³/mol. The molecule has 0 radical (unpaired) electrons.